The second kappa shape index (κ2) is 11.8. The van der Waals surface area contributed by atoms with Crippen molar-refractivity contribution in [3.05, 3.63) is 62.7 Å². The molecule has 0 aliphatic carbocycles. The molecule has 2 amide bonds. The van der Waals surface area contributed by atoms with Crippen molar-refractivity contribution in [3.63, 3.8) is 0 Å². The summed E-state index contributed by atoms with van der Waals surface area (Å²) < 4.78 is 15.6. The first kappa shape index (κ1) is 26.4. The number of methoxy groups -OCH3 is 1. The Morgan fingerprint density at radius 2 is 1.88 bits per heavy atom. The smallest absolute Gasteiger partial charge is 0.308 e. The number of ether oxygens (including phenoxy) is 3. The molecule has 11 nitrogen and oxygen atoms in total. The highest BCUT2D eigenvalue weighted by molar-refractivity contribution is 6.32. The van der Waals surface area contributed by atoms with Gasteiger partial charge in [0.15, 0.2) is 18.1 Å². The summed E-state index contributed by atoms with van der Waals surface area (Å²) in [6.45, 7) is 2.86. The average molecular weight is 494 g/mol. The van der Waals surface area contributed by atoms with Crippen molar-refractivity contribution in [2.75, 3.05) is 13.7 Å². The van der Waals surface area contributed by atoms with E-state index in [4.69, 9.17) is 31.5 Å². The van der Waals surface area contributed by atoms with Gasteiger partial charge in [-0.1, -0.05) is 29.8 Å². The first-order chi connectivity index (χ1) is 16.0. The third-order valence-corrected chi connectivity index (χ3v) is 4.68. The van der Waals surface area contributed by atoms with Crippen LogP contribution in [-0.4, -0.2) is 42.5 Å². The number of para-hydroxylation sites is 1. The quantitative estimate of drug-likeness (QED) is 0.274. The van der Waals surface area contributed by atoms with Crippen molar-refractivity contribution >= 4 is 35.1 Å². The minimum Gasteiger partial charge on any atom is -0.493 e. The van der Waals surface area contributed by atoms with Gasteiger partial charge in [-0.2, -0.15) is 0 Å². The van der Waals surface area contributed by atoms with Gasteiger partial charge in [-0.25, -0.2) is 0 Å². The van der Waals surface area contributed by atoms with Crippen LogP contribution in [0.25, 0.3) is 0 Å². The van der Waals surface area contributed by atoms with Gasteiger partial charge in [0.25, 0.3) is 17.5 Å². The summed E-state index contributed by atoms with van der Waals surface area (Å²) in [5, 5.41) is 14.1. The van der Waals surface area contributed by atoms with Crippen LogP contribution in [0, 0.1) is 10.1 Å². The monoisotopic (exact) mass is 493 g/mol. The lowest BCUT2D eigenvalue weighted by Crippen LogP contribution is -2.31. The lowest BCUT2D eigenvalue weighted by Gasteiger charge is -2.20. The molecule has 182 valence electrons. The van der Waals surface area contributed by atoms with E-state index in [1.807, 2.05) is 0 Å². The number of primary amides is 1. The minimum atomic E-state index is -1.07. The summed E-state index contributed by atoms with van der Waals surface area (Å²) in [4.78, 5) is 47.3. The molecular weight excluding hydrogens is 470 g/mol. The van der Waals surface area contributed by atoms with Gasteiger partial charge < -0.3 is 25.3 Å². The summed E-state index contributed by atoms with van der Waals surface area (Å²) in [7, 11) is 1.31. The number of rotatable bonds is 11. The molecule has 2 rings (SSSR count). The Hall–Kier alpha value is -3.86. The summed E-state index contributed by atoms with van der Waals surface area (Å²) in [6.07, 6.45) is -0.759. The number of nitrogens with two attached hydrogens (primary N) is 1. The number of nitrogens with zero attached hydrogens (tertiary/aromatic N) is 1. The van der Waals surface area contributed by atoms with Crippen LogP contribution in [0.3, 0.4) is 0 Å². The highest BCUT2D eigenvalue weighted by Gasteiger charge is 2.27. The number of nitro benzene ring substituents is 1. The van der Waals surface area contributed by atoms with Gasteiger partial charge >= 0.3 is 5.97 Å². The molecule has 0 saturated carbocycles. The van der Waals surface area contributed by atoms with Gasteiger partial charge in [0.2, 0.25) is 0 Å². The Morgan fingerprint density at radius 1 is 1.21 bits per heavy atom. The molecule has 0 aliphatic rings. The molecule has 0 aliphatic heterocycles. The number of halogens is 1. The Labute approximate surface area is 200 Å². The molecule has 0 saturated heterocycles. The molecule has 1 atom stereocenters. The fraction of sp³-hybridized carbons (Fsp3) is 0.318. The largest absolute Gasteiger partial charge is 0.493 e. The van der Waals surface area contributed by atoms with Crippen molar-refractivity contribution in [1.82, 2.24) is 5.32 Å². The molecule has 1 unspecified atom stereocenters. The molecule has 0 bridgehead atoms. The van der Waals surface area contributed by atoms with Crippen molar-refractivity contribution in [2.45, 2.75) is 32.4 Å². The van der Waals surface area contributed by atoms with E-state index in [1.165, 1.54) is 37.4 Å². The van der Waals surface area contributed by atoms with Gasteiger partial charge in [0.1, 0.15) is 0 Å². The lowest BCUT2D eigenvalue weighted by atomic mass is 10.0. The maximum atomic E-state index is 13.0. The number of hydrogen-bond donors (Lipinski definition) is 2. The molecular formula is C22H24ClN3O8. The Morgan fingerprint density at radius 3 is 2.47 bits per heavy atom. The summed E-state index contributed by atoms with van der Waals surface area (Å²) in [6, 6.07) is 7.24. The number of carbonyl (C=O) groups excluding carboxylic acids is 3. The Bertz CT molecular complexity index is 1090. The van der Waals surface area contributed by atoms with Crippen LogP contribution in [-0.2, 0) is 14.3 Å². The summed E-state index contributed by atoms with van der Waals surface area (Å²) in [5.74, 6) is -2.01. The van der Waals surface area contributed by atoms with Gasteiger partial charge in [-0.3, -0.25) is 24.5 Å². The van der Waals surface area contributed by atoms with E-state index in [9.17, 15) is 24.5 Å². The normalized spacial score (nSPS) is 11.4. The molecule has 0 fully saturated rings. The number of nitro groups is 1. The molecule has 12 heteroatoms. The van der Waals surface area contributed by atoms with E-state index in [2.05, 4.69) is 5.32 Å². The fourth-order valence-electron chi connectivity index (χ4n) is 3.04. The second-order valence-electron chi connectivity index (χ2n) is 7.33. The van der Waals surface area contributed by atoms with E-state index in [1.54, 1.807) is 19.9 Å². The molecule has 2 aromatic carbocycles. The second-order valence-corrected chi connectivity index (χ2v) is 7.74. The Kier molecular flexibility index (Phi) is 9.19. The SMILES string of the molecule is COc1cc(C(=O)NC(CC(=O)OC(C)C)c2ccccc2[N+](=O)[O-])cc(Cl)c1OCC(N)=O. The minimum absolute atomic E-state index is 0.00951. The molecule has 34 heavy (non-hydrogen) atoms. The first-order valence-corrected chi connectivity index (χ1v) is 10.4. The first-order valence-electron chi connectivity index (χ1n) is 10.1. The summed E-state index contributed by atoms with van der Waals surface area (Å²) in [5.41, 5.74) is 4.96. The van der Waals surface area contributed by atoms with Crippen molar-refractivity contribution in [1.29, 1.82) is 0 Å². The van der Waals surface area contributed by atoms with Gasteiger partial charge in [0, 0.05) is 11.6 Å². The van der Waals surface area contributed by atoms with Gasteiger partial charge in [-0.15, -0.1) is 0 Å². The zero-order valence-corrected chi connectivity index (χ0v) is 19.5. The summed E-state index contributed by atoms with van der Waals surface area (Å²) >= 11 is 6.20. The molecule has 0 radical (unpaired) electrons. The average Bonchev–Trinajstić information content (AvgIpc) is 2.76. The third-order valence-electron chi connectivity index (χ3n) is 4.40. The van der Waals surface area contributed by atoms with E-state index >= 15 is 0 Å². The molecule has 0 aromatic heterocycles. The third kappa shape index (κ3) is 7.07. The predicted molar refractivity (Wildman–Crippen MR) is 122 cm³/mol. The standard InChI is InChI=1S/C22H24ClN3O8/c1-12(2)34-20(28)10-16(14-6-4-5-7-17(14)26(30)31)25-22(29)13-8-15(23)21(18(9-13)32-3)33-11-19(24)27/h4-9,12,16H,10-11H2,1-3H3,(H2,24,27)(H,25,29). The van der Waals surface area contributed by atoms with Crippen LogP contribution in [0.2, 0.25) is 5.02 Å². The molecule has 0 spiro atoms. The van der Waals surface area contributed by atoms with Crippen LogP contribution >= 0.6 is 11.6 Å². The lowest BCUT2D eigenvalue weighted by molar-refractivity contribution is -0.385. The highest BCUT2D eigenvalue weighted by atomic mass is 35.5. The molecule has 2 aromatic rings. The van der Waals surface area contributed by atoms with E-state index in [0.29, 0.717) is 0 Å². The van der Waals surface area contributed by atoms with Crippen molar-refractivity contribution in [2.24, 2.45) is 5.73 Å². The maximum Gasteiger partial charge on any atom is 0.308 e. The number of amides is 2. The number of benzene rings is 2. The maximum absolute atomic E-state index is 13.0. The van der Waals surface area contributed by atoms with E-state index < -0.39 is 41.5 Å². The van der Waals surface area contributed by atoms with Crippen LogP contribution in [0.5, 0.6) is 11.5 Å². The van der Waals surface area contributed by atoms with Gasteiger partial charge in [0.05, 0.1) is 41.2 Å². The van der Waals surface area contributed by atoms with Crippen LogP contribution in [0.15, 0.2) is 36.4 Å². The van der Waals surface area contributed by atoms with E-state index in [0.717, 1.165) is 0 Å². The van der Waals surface area contributed by atoms with Crippen molar-refractivity contribution < 1.29 is 33.5 Å². The fourth-order valence-corrected chi connectivity index (χ4v) is 3.31. The molecule has 0 heterocycles. The molecule has 3 N–H and O–H groups in total. The van der Waals surface area contributed by atoms with Crippen LogP contribution < -0.4 is 20.5 Å². The zero-order chi connectivity index (χ0) is 25.4. The number of hydrogen-bond acceptors (Lipinski definition) is 8. The predicted octanol–water partition coefficient (Wildman–Crippen LogP) is 2.93. The number of nitrogens with one attached hydrogen (secondary N) is 1. The zero-order valence-electron chi connectivity index (χ0n) is 18.7. The van der Waals surface area contributed by atoms with Crippen molar-refractivity contribution in [3.8, 4) is 11.5 Å². The number of esters is 1. The Balaban J connectivity index is 2.40. The van der Waals surface area contributed by atoms with Crippen LogP contribution in [0.4, 0.5) is 5.69 Å². The van der Waals surface area contributed by atoms with E-state index in [-0.39, 0.29) is 39.8 Å². The number of carbonyl (C=O) groups is 3. The topological polar surface area (TPSA) is 160 Å². The highest BCUT2D eigenvalue weighted by Crippen LogP contribution is 2.37. The van der Waals surface area contributed by atoms with Crippen LogP contribution in [0.1, 0.15) is 42.2 Å². The van der Waals surface area contributed by atoms with Gasteiger partial charge in [-0.05, 0) is 26.0 Å².